The smallest absolute Gasteiger partial charge is 0.159 e. The molecule has 1 aliphatic carbocycles. The van der Waals surface area contributed by atoms with E-state index in [2.05, 4.69) is 32.9 Å². The highest BCUT2D eigenvalue weighted by Crippen LogP contribution is 2.28. The molecule has 0 amide bonds. The Morgan fingerprint density at radius 1 is 1.00 bits per heavy atom. The first-order valence-corrected chi connectivity index (χ1v) is 13.0. The quantitative estimate of drug-likeness (QED) is 0.530. The Kier molecular flexibility index (Phi) is 8.57. The predicted octanol–water partition coefficient (Wildman–Crippen LogP) is 4.83. The summed E-state index contributed by atoms with van der Waals surface area (Å²) in [7, 11) is 0. The number of carbonyl (C=O) groups excluding carboxylic acids is 1. The largest absolute Gasteiger partial charge is 0.302 e. The van der Waals surface area contributed by atoms with Gasteiger partial charge in [0.15, 0.2) is 5.78 Å². The summed E-state index contributed by atoms with van der Waals surface area (Å²) in [6.45, 7) is 11.3. The third-order valence-electron chi connectivity index (χ3n) is 7.83. The molecule has 4 nitrogen and oxygen atoms in total. The zero-order valence-electron chi connectivity index (χ0n) is 19.7. The second-order valence-corrected chi connectivity index (χ2v) is 10.3. The van der Waals surface area contributed by atoms with E-state index >= 15 is 0 Å². The Labute approximate surface area is 190 Å². The molecular formula is C27H43N3O. The fourth-order valence-corrected chi connectivity index (χ4v) is 6.06. The van der Waals surface area contributed by atoms with Crippen molar-refractivity contribution in [2.45, 2.75) is 77.3 Å². The van der Waals surface area contributed by atoms with Crippen molar-refractivity contribution in [1.29, 1.82) is 0 Å². The highest BCUT2D eigenvalue weighted by Gasteiger charge is 2.29. The van der Waals surface area contributed by atoms with Crippen LogP contribution in [0.5, 0.6) is 0 Å². The number of rotatable bonds is 9. The highest BCUT2D eigenvalue weighted by atomic mass is 16.1. The molecule has 2 aliphatic heterocycles. The predicted molar refractivity (Wildman–Crippen MR) is 129 cm³/mol. The van der Waals surface area contributed by atoms with E-state index in [0.29, 0.717) is 0 Å². The summed E-state index contributed by atoms with van der Waals surface area (Å²) < 4.78 is 0. The number of carbonyl (C=O) groups is 1. The molecule has 3 fully saturated rings. The molecule has 1 saturated carbocycles. The summed E-state index contributed by atoms with van der Waals surface area (Å²) >= 11 is 0. The third kappa shape index (κ3) is 6.87. The minimum absolute atomic E-state index is 0.168. The lowest BCUT2D eigenvalue weighted by Gasteiger charge is -2.39. The van der Waals surface area contributed by atoms with Crippen LogP contribution in [0.4, 0.5) is 0 Å². The maximum absolute atomic E-state index is 11.9. The Hall–Kier alpha value is -1.23. The lowest BCUT2D eigenvalue weighted by atomic mass is 9.95. The van der Waals surface area contributed by atoms with Crippen molar-refractivity contribution in [2.24, 2.45) is 5.92 Å². The molecule has 0 N–H and O–H groups in total. The second-order valence-electron chi connectivity index (χ2n) is 10.3. The van der Waals surface area contributed by atoms with E-state index in [4.69, 9.17) is 0 Å². The molecule has 3 aliphatic rings. The molecule has 2 saturated heterocycles. The second kappa shape index (κ2) is 11.6. The molecule has 172 valence electrons. The van der Waals surface area contributed by atoms with Crippen LogP contribution in [-0.4, -0.2) is 72.3 Å². The normalized spacial score (nSPS) is 24.1. The zero-order chi connectivity index (χ0) is 21.5. The molecule has 0 bridgehead atoms. The van der Waals surface area contributed by atoms with E-state index in [9.17, 15) is 4.79 Å². The first kappa shape index (κ1) is 22.9. The number of nitrogens with zero attached hydrogens (tertiary/aromatic N) is 3. The lowest BCUT2D eigenvalue weighted by Crippen LogP contribution is -2.46. The number of Topliss-reactive ketones (excluding diaryl/α,β-unsaturated/α-hetero) is 1. The first-order valence-electron chi connectivity index (χ1n) is 13.0. The summed E-state index contributed by atoms with van der Waals surface area (Å²) in [4.78, 5) is 20.0. The van der Waals surface area contributed by atoms with Gasteiger partial charge in [-0.1, -0.05) is 37.5 Å². The van der Waals surface area contributed by atoms with Crippen LogP contribution in [0.2, 0.25) is 0 Å². The lowest BCUT2D eigenvalue weighted by molar-refractivity contribution is 0.0912. The van der Waals surface area contributed by atoms with Crippen molar-refractivity contribution in [3.05, 3.63) is 35.4 Å². The Balaban J connectivity index is 1.38. The number of hydrogen-bond donors (Lipinski definition) is 0. The van der Waals surface area contributed by atoms with Gasteiger partial charge in [0.1, 0.15) is 0 Å². The molecule has 0 spiro atoms. The van der Waals surface area contributed by atoms with E-state index in [1.54, 1.807) is 6.92 Å². The third-order valence-corrected chi connectivity index (χ3v) is 7.83. The molecule has 4 rings (SSSR count). The minimum atomic E-state index is 0.168. The van der Waals surface area contributed by atoms with Gasteiger partial charge in [-0.25, -0.2) is 0 Å². The molecule has 0 unspecified atom stereocenters. The summed E-state index contributed by atoms with van der Waals surface area (Å²) in [6, 6.07) is 9.17. The van der Waals surface area contributed by atoms with Gasteiger partial charge in [-0.2, -0.15) is 0 Å². The van der Waals surface area contributed by atoms with E-state index in [0.717, 1.165) is 30.6 Å². The average molecular weight is 426 g/mol. The number of piperidine rings is 2. The van der Waals surface area contributed by atoms with Gasteiger partial charge in [0.05, 0.1) is 0 Å². The number of likely N-dealkylation sites (tertiary alicyclic amines) is 2. The van der Waals surface area contributed by atoms with Gasteiger partial charge in [0, 0.05) is 44.3 Å². The standard InChI is InChI=1S/C27H43N3O/c1-23(31)26-11-7-9-24(19-26)20-29(18-17-28-14-5-2-6-15-28)21-25-10-8-16-30(22-25)27-12-3-4-13-27/h7,9,11,19,25,27H,2-6,8,10,12-18,20-22H2,1H3/t25-/m1/s1. The van der Waals surface area contributed by atoms with E-state index < -0.39 is 0 Å². The van der Waals surface area contributed by atoms with Gasteiger partial charge in [-0.3, -0.25) is 9.69 Å². The fourth-order valence-electron chi connectivity index (χ4n) is 6.06. The molecular weight excluding hydrogens is 382 g/mol. The summed E-state index contributed by atoms with van der Waals surface area (Å²) in [5.74, 6) is 0.952. The van der Waals surface area contributed by atoms with E-state index in [-0.39, 0.29) is 5.78 Å². The molecule has 1 aromatic carbocycles. The molecule has 0 radical (unpaired) electrons. The van der Waals surface area contributed by atoms with Crippen molar-refractivity contribution in [3.63, 3.8) is 0 Å². The molecule has 1 atom stereocenters. The molecule has 31 heavy (non-hydrogen) atoms. The Bertz CT molecular complexity index is 693. The maximum Gasteiger partial charge on any atom is 0.159 e. The van der Waals surface area contributed by atoms with Crippen LogP contribution in [0.25, 0.3) is 0 Å². The van der Waals surface area contributed by atoms with Gasteiger partial charge in [0.2, 0.25) is 0 Å². The van der Waals surface area contributed by atoms with Crippen molar-refractivity contribution in [1.82, 2.24) is 14.7 Å². The summed E-state index contributed by atoms with van der Waals surface area (Å²) in [6.07, 6.45) is 12.6. The van der Waals surface area contributed by atoms with Crippen LogP contribution in [0.1, 0.15) is 80.6 Å². The van der Waals surface area contributed by atoms with Gasteiger partial charge >= 0.3 is 0 Å². The minimum Gasteiger partial charge on any atom is -0.302 e. The summed E-state index contributed by atoms with van der Waals surface area (Å²) in [5.41, 5.74) is 2.13. The first-order chi connectivity index (χ1) is 15.2. The van der Waals surface area contributed by atoms with Crippen LogP contribution in [-0.2, 0) is 6.54 Å². The molecule has 1 aromatic rings. The molecule has 2 heterocycles. The SMILES string of the molecule is CC(=O)c1cccc(CN(CCN2CCCCC2)C[C@H]2CCCN(C3CCCC3)C2)c1. The van der Waals surface area contributed by atoms with Gasteiger partial charge in [-0.15, -0.1) is 0 Å². The van der Waals surface area contributed by atoms with Gasteiger partial charge in [-0.05, 0) is 82.6 Å². The van der Waals surface area contributed by atoms with Gasteiger partial charge < -0.3 is 9.80 Å². The zero-order valence-corrected chi connectivity index (χ0v) is 19.7. The van der Waals surface area contributed by atoms with Crippen LogP contribution < -0.4 is 0 Å². The molecule has 0 aromatic heterocycles. The maximum atomic E-state index is 11.9. The highest BCUT2D eigenvalue weighted by molar-refractivity contribution is 5.94. The van der Waals surface area contributed by atoms with Crippen molar-refractivity contribution >= 4 is 5.78 Å². The van der Waals surface area contributed by atoms with Crippen molar-refractivity contribution in [2.75, 3.05) is 45.8 Å². The van der Waals surface area contributed by atoms with Gasteiger partial charge in [0.25, 0.3) is 0 Å². The number of benzene rings is 1. The fraction of sp³-hybridized carbons (Fsp3) is 0.741. The van der Waals surface area contributed by atoms with Crippen LogP contribution in [0.3, 0.4) is 0 Å². The Morgan fingerprint density at radius 3 is 2.58 bits per heavy atom. The Morgan fingerprint density at radius 2 is 1.81 bits per heavy atom. The van der Waals surface area contributed by atoms with Crippen LogP contribution in [0.15, 0.2) is 24.3 Å². The van der Waals surface area contributed by atoms with Crippen molar-refractivity contribution in [3.8, 4) is 0 Å². The summed E-state index contributed by atoms with van der Waals surface area (Å²) in [5, 5.41) is 0. The van der Waals surface area contributed by atoms with Crippen molar-refractivity contribution < 1.29 is 4.79 Å². The monoisotopic (exact) mass is 425 g/mol. The average Bonchev–Trinajstić information content (AvgIpc) is 3.34. The van der Waals surface area contributed by atoms with Crippen LogP contribution >= 0.6 is 0 Å². The topological polar surface area (TPSA) is 26.8 Å². The van der Waals surface area contributed by atoms with E-state index in [1.165, 1.54) is 103 Å². The van der Waals surface area contributed by atoms with Crippen LogP contribution in [0, 0.1) is 5.92 Å². The molecule has 4 heteroatoms. The van der Waals surface area contributed by atoms with E-state index in [1.807, 2.05) is 6.07 Å². The number of hydrogen-bond acceptors (Lipinski definition) is 4. The number of ketones is 1.